The van der Waals surface area contributed by atoms with E-state index in [0.29, 0.717) is 17.9 Å². The van der Waals surface area contributed by atoms with Crippen LogP contribution in [-0.2, 0) is 4.79 Å². The van der Waals surface area contributed by atoms with Crippen molar-refractivity contribution in [3.05, 3.63) is 40.4 Å². The molecule has 1 aromatic heterocycles. The Morgan fingerprint density at radius 2 is 2.12 bits per heavy atom. The standard InChI is InChI=1S/C15H16ClFN4O3/c1-3-20(7-6-13(22)23)15(24)14-9(2)21(19-18-14)10-4-5-12(17)11(16)8-10/h4-5,8H,3,6-7H2,1-2H3,(H,22,23). The number of carboxylic acids is 1. The molecule has 0 atom stereocenters. The van der Waals surface area contributed by atoms with E-state index in [2.05, 4.69) is 10.3 Å². The smallest absolute Gasteiger partial charge is 0.305 e. The van der Waals surface area contributed by atoms with Gasteiger partial charge in [-0.15, -0.1) is 5.10 Å². The van der Waals surface area contributed by atoms with Crippen molar-refractivity contribution >= 4 is 23.5 Å². The maximum Gasteiger partial charge on any atom is 0.305 e. The van der Waals surface area contributed by atoms with Crippen LogP contribution < -0.4 is 0 Å². The first-order chi connectivity index (χ1) is 11.3. The number of benzene rings is 1. The predicted molar refractivity (Wildman–Crippen MR) is 84.9 cm³/mol. The van der Waals surface area contributed by atoms with Gasteiger partial charge in [0.25, 0.3) is 5.91 Å². The number of amides is 1. The molecule has 0 saturated carbocycles. The minimum absolute atomic E-state index is 0.0630. The molecule has 9 heteroatoms. The third kappa shape index (κ3) is 3.70. The number of hydrogen-bond acceptors (Lipinski definition) is 4. The third-order valence-electron chi connectivity index (χ3n) is 3.51. The number of carboxylic acid groups (broad SMARTS) is 1. The van der Waals surface area contributed by atoms with Crippen LogP contribution in [0.5, 0.6) is 0 Å². The van der Waals surface area contributed by atoms with Gasteiger partial charge in [-0.25, -0.2) is 9.07 Å². The summed E-state index contributed by atoms with van der Waals surface area (Å²) in [6.45, 7) is 3.83. The first kappa shape index (κ1) is 17.9. The van der Waals surface area contributed by atoms with Crippen LogP contribution in [-0.4, -0.2) is 50.0 Å². The van der Waals surface area contributed by atoms with Crippen molar-refractivity contribution < 1.29 is 19.1 Å². The minimum atomic E-state index is -0.984. The van der Waals surface area contributed by atoms with Gasteiger partial charge in [-0.05, 0) is 32.0 Å². The fraction of sp³-hybridized carbons (Fsp3) is 0.333. The lowest BCUT2D eigenvalue weighted by Gasteiger charge is -2.18. The molecule has 0 spiro atoms. The summed E-state index contributed by atoms with van der Waals surface area (Å²) in [5.41, 5.74) is 1.04. The molecule has 0 aliphatic carbocycles. The summed E-state index contributed by atoms with van der Waals surface area (Å²) in [7, 11) is 0. The molecular formula is C15H16ClFN4O3. The highest BCUT2D eigenvalue weighted by Crippen LogP contribution is 2.20. The molecule has 24 heavy (non-hydrogen) atoms. The Morgan fingerprint density at radius 1 is 1.42 bits per heavy atom. The van der Waals surface area contributed by atoms with Crippen molar-refractivity contribution in [2.75, 3.05) is 13.1 Å². The third-order valence-corrected chi connectivity index (χ3v) is 3.80. The van der Waals surface area contributed by atoms with Gasteiger partial charge in [0.2, 0.25) is 0 Å². The van der Waals surface area contributed by atoms with Gasteiger partial charge >= 0.3 is 5.97 Å². The second-order valence-corrected chi connectivity index (χ2v) is 5.47. The molecule has 2 rings (SSSR count). The summed E-state index contributed by atoms with van der Waals surface area (Å²) < 4.78 is 14.6. The molecule has 7 nitrogen and oxygen atoms in total. The molecule has 1 N–H and O–H groups in total. The van der Waals surface area contributed by atoms with E-state index in [4.69, 9.17) is 16.7 Å². The maximum atomic E-state index is 13.3. The normalized spacial score (nSPS) is 10.7. The van der Waals surface area contributed by atoms with Crippen LogP contribution in [0.2, 0.25) is 5.02 Å². The van der Waals surface area contributed by atoms with E-state index in [1.54, 1.807) is 13.8 Å². The number of carbonyl (C=O) groups excluding carboxylic acids is 1. The molecule has 1 amide bonds. The van der Waals surface area contributed by atoms with E-state index in [1.807, 2.05) is 0 Å². The summed E-state index contributed by atoms with van der Waals surface area (Å²) in [6.07, 6.45) is -0.152. The molecule has 1 aromatic carbocycles. The van der Waals surface area contributed by atoms with E-state index in [-0.39, 0.29) is 23.7 Å². The van der Waals surface area contributed by atoms with Gasteiger partial charge in [0.15, 0.2) is 5.69 Å². The van der Waals surface area contributed by atoms with Gasteiger partial charge in [0.1, 0.15) is 5.82 Å². The number of aliphatic carboxylic acids is 1. The second kappa shape index (κ2) is 7.39. The maximum absolute atomic E-state index is 13.3. The Hall–Kier alpha value is -2.48. The highest BCUT2D eigenvalue weighted by molar-refractivity contribution is 6.30. The fourth-order valence-corrected chi connectivity index (χ4v) is 2.35. The van der Waals surface area contributed by atoms with E-state index >= 15 is 0 Å². The Kier molecular flexibility index (Phi) is 5.50. The Bertz CT molecular complexity index is 778. The number of nitrogens with zero attached hydrogens (tertiary/aromatic N) is 4. The lowest BCUT2D eigenvalue weighted by atomic mass is 10.2. The van der Waals surface area contributed by atoms with Crippen molar-refractivity contribution in [3.63, 3.8) is 0 Å². The average Bonchev–Trinajstić information content (AvgIpc) is 2.91. The minimum Gasteiger partial charge on any atom is -0.481 e. The zero-order valence-electron chi connectivity index (χ0n) is 13.2. The zero-order chi connectivity index (χ0) is 17.9. The predicted octanol–water partition coefficient (Wildman–Crippen LogP) is 2.31. The lowest BCUT2D eigenvalue weighted by molar-refractivity contribution is -0.137. The molecule has 2 aromatic rings. The van der Waals surface area contributed by atoms with Crippen LogP contribution in [0.25, 0.3) is 5.69 Å². The molecule has 0 radical (unpaired) electrons. The van der Waals surface area contributed by atoms with Crippen LogP contribution in [0.1, 0.15) is 29.5 Å². The van der Waals surface area contributed by atoms with Gasteiger partial charge < -0.3 is 10.0 Å². The van der Waals surface area contributed by atoms with Crippen LogP contribution in [0, 0.1) is 12.7 Å². The lowest BCUT2D eigenvalue weighted by Crippen LogP contribution is -2.33. The van der Waals surface area contributed by atoms with Crippen molar-refractivity contribution in [2.45, 2.75) is 20.3 Å². The molecule has 128 valence electrons. The molecule has 0 unspecified atom stereocenters. The SMILES string of the molecule is CCN(CCC(=O)O)C(=O)c1nnn(-c2ccc(F)c(Cl)c2)c1C. The number of carbonyl (C=O) groups is 2. The van der Waals surface area contributed by atoms with Gasteiger partial charge in [-0.2, -0.15) is 0 Å². The number of hydrogen-bond donors (Lipinski definition) is 1. The molecule has 0 bridgehead atoms. The topological polar surface area (TPSA) is 88.3 Å². The summed E-state index contributed by atoms with van der Waals surface area (Å²) in [6, 6.07) is 4.06. The molecule has 0 aliphatic rings. The van der Waals surface area contributed by atoms with E-state index in [9.17, 15) is 14.0 Å². The number of rotatable bonds is 6. The Morgan fingerprint density at radius 3 is 2.71 bits per heavy atom. The fourth-order valence-electron chi connectivity index (χ4n) is 2.17. The Labute approximate surface area is 142 Å². The van der Waals surface area contributed by atoms with Crippen LogP contribution in [0.15, 0.2) is 18.2 Å². The van der Waals surface area contributed by atoms with Crippen molar-refractivity contribution in [1.29, 1.82) is 0 Å². The summed E-state index contributed by atoms with van der Waals surface area (Å²) in [4.78, 5) is 24.6. The summed E-state index contributed by atoms with van der Waals surface area (Å²) in [5, 5.41) is 16.5. The molecule has 0 fully saturated rings. The molecular weight excluding hydrogens is 339 g/mol. The van der Waals surface area contributed by atoms with Crippen molar-refractivity contribution in [2.24, 2.45) is 0 Å². The zero-order valence-corrected chi connectivity index (χ0v) is 13.9. The van der Waals surface area contributed by atoms with Crippen molar-refractivity contribution in [1.82, 2.24) is 19.9 Å². The van der Waals surface area contributed by atoms with Crippen LogP contribution in [0.4, 0.5) is 4.39 Å². The average molecular weight is 355 g/mol. The monoisotopic (exact) mass is 354 g/mol. The van der Waals surface area contributed by atoms with Crippen molar-refractivity contribution in [3.8, 4) is 5.69 Å². The van der Waals surface area contributed by atoms with E-state index < -0.39 is 17.7 Å². The van der Waals surface area contributed by atoms with Gasteiger partial charge in [-0.3, -0.25) is 9.59 Å². The summed E-state index contributed by atoms with van der Waals surface area (Å²) in [5.74, 6) is -1.95. The second-order valence-electron chi connectivity index (χ2n) is 5.06. The summed E-state index contributed by atoms with van der Waals surface area (Å²) >= 11 is 5.76. The van der Waals surface area contributed by atoms with Gasteiger partial charge in [-0.1, -0.05) is 16.8 Å². The highest BCUT2D eigenvalue weighted by Gasteiger charge is 2.22. The molecule has 1 heterocycles. The van der Waals surface area contributed by atoms with Gasteiger partial charge in [0.05, 0.1) is 22.8 Å². The van der Waals surface area contributed by atoms with Crippen LogP contribution >= 0.6 is 11.6 Å². The van der Waals surface area contributed by atoms with Crippen LogP contribution in [0.3, 0.4) is 0 Å². The van der Waals surface area contributed by atoms with E-state index in [1.165, 1.54) is 27.8 Å². The first-order valence-electron chi connectivity index (χ1n) is 7.24. The largest absolute Gasteiger partial charge is 0.481 e. The van der Waals surface area contributed by atoms with Gasteiger partial charge in [0, 0.05) is 13.1 Å². The number of aromatic nitrogens is 3. The van der Waals surface area contributed by atoms with E-state index in [0.717, 1.165) is 0 Å². The first-order valence-corrected chi connectivity index (χ1v) is 7.61. The molecule has 0 aliphatic heterocycles. The molecule has 0 saturated heterocycles. The highest BCUT2D eigenvalue weighted by atomic mass is 35.5. The quantitative estimate of drug-likeness (QED) is 0.859. The Balaban J connectivity index is 2.29. The number of halogens is 2.